The van der Waals surface area contributed by atoms with Crippen LogP contribution < -0.4 is 0 Å². The summed E-state index contributed by atoms with van der Waals surface area (Å²) in [4.78, 5) is 15.5. The summed E-state index contributed by atoms with van der Waals surface area (Å²) >= 11 is 0. The van der Waals surface area contributed by atoms with Crippen LogP contribution in [0.2, 0.25) is 0 Å². The molecule has 0 aliphatic carbocycles. The molecule has 0 saturated heterocycles. The average molecular weight is 230 g/mol. The minimum absolute atomic E-state index is 0.543. The summed E-state index contributed by atoms with van der Waals surface area (Å²) in [5, 5.41) is 9.34. The molecule has 0 amide bonds. The van der Waals surface area contributed by atoms with E-state index >= 15 is 0 Å². The predicted molar refractivity (Wildman–Crippen MR) is 63.9 cm³/mol. The quantitative estimate of drug-likeness (QED) is 0.876. The molecule has 88 valence electrons. The average Bonchev–Trinajstić information content (AvgIpc) is 2.68. The van der Waals surface area contributed by atoms with Gasteiger partial charge in [-0.15, -0.1) is 0 Å². The van der Waals surface area contributed by atoms with Crippen molar-refractivity contribution >= 4 is 5.97 Å². The zero-order valence-corrected chi connectivity index (χ0v) is 9.79. The van der Waals surface area contributed by atoms with Gasteiger partial charge in [-0.2, -0.15) is 0 Å². The smallest absolute Gasteiger partial charge is 0.318 e. The molecule has 4 heteroatoms. The Hall–Kier alpha value is -2.10. The maximum Gasteiger partial charge on any atom is 0.318 e. The van der Waals surface area contributed by atoms with E-state index in [0.29, 0.717) is 5.82 Å². The van der Waals surface area contributed by atoms with Crippen LogP contribution in [0, 0.1) is 6.92 Å². The van der Waals surface area contributed by atoms with Crippen LogP contribution in [0.15, 0.2) is 36.7 Å². The van der Waals surface area contributed by atoms with Crippen LogP contribution in [0.4, 0.5) is 0 Å². The van der Waals surface area contributed by atoms with Crippen LogP contribution in [-0.2, 0) is 11.8 Å². The van der Waals surface area contributed by atoms with E-state index in [1.165, 1.54) is 0 Å². The topological polar surface area (TPSA) is 55.1 Å². The number of imidazole rings is 1. The molecule has 0 aliphatic rings. The van der Waals surface area contributed by atoms with Crippen LogP contribution >= 0.6 is 0 Å². The Morgan fingerprint density at radius 1 is 1.35 bits per heavy atom. The van der Waals surface area contributed by atoms with Crippen LogP contribution in [0.3, 0.4) is 0 Å². The Morgan fingerprint density at radius 2 is 2.00 bits per heavy atom. The largest absolute Gasteiger partial charge is 0.480 e. The highest BCUT2D eigenvalue weighted by molar-refractivity contribution is 5.79. The third kappa shape index (κ3) is 2.20. The lowest BCUT2D eigenvalue weighted by Gasteiger charge is -2.12. The molecule has 1 aromatic heterocycles. The summed E-state index contributed by atoms with van der Waals surface area (Å²) in [7, 11) is 1.80. The minimum Gasteiger partial charge on any atom is -0.480 e. The normalized spacial score (nSPS) is 12.4. The number of rotatable bonds is 3. The molecule has 2 aromatic rings. The first kappa shape index (κ1) is 11.4. The molecule has 1 unspecified atom stereocenters. The molecule has 0 bridgehead atoms. The number of aryl methyl sites for hydroxylation is 2. The number of benzene rings is 1. The van der Waals surface area contributed by atoms with Gasteiger partial charge in [-0.1, -0.05) is 29.8 Å². The predicted octanol–water partition coefficient (Wildman–Crippen LogP) is 1.95. The van der Waals surface area contributed by atoms with Gasteiger partial charge in [-0.3, -0.25) is 4.79 Å². The Labute approximate surface area is 99.5 Å². The summed E-state index contributed by atoms with van der Waals surface area (Å²) in [5.41, 5.74) is 1.86. The van der Waals surface area contributed by atoms with Crippen molar-refractivity contribution in [1.82, 2.24) is 9.55 Å². The third-order valence-electron chi connectivity index (χ3n) is 2.77. The molecule has 0 fully saturated rings. The first-order valence-electron chi connectivity index (χ1n) is 5.36. The molecule has 1 atom stereocenters. The van der Waals surface area contributed by atoms with E-state index in [4.69, 9.17) is 0 Å². The van der Waals surface area contributed by atoms with Crippen LogP contribution in [0.1, 0.15) is 22.9 Å². The first-order valence-corrected chi connectivity index (χ1v) is 5.36. The molecule has 1 heterocycles. The van der Waals surface area contributed by atoms with Gasteiger partial charge in [-0.05, 0) is 12.5 Å². The van der Waals surface area contributed by atoms with E-state index in [2.05, 4.69) is 4.98 Å². The van der Waals surface area contributed by atoms with Crippen LogP contribution in [0.25, 0.3) is 0 Å². The maximum absolute atomic E-state index is 11.4. The second kappa shape index (κ2) is 4.41. The number of aliphatic carboxylic acids is 1. The van der Waals surface area contributed by atoms with Crippen molar-refractivity contribution in [3.05, 3.63) is 53.6 Å². The number of nitrogens with zero attached hydrogens (tertiary/aromatic N) is 2. The SMILES string of the molecule is Cc1ccc(C(C(=O)O)c2nccn2C)cc1. The summed E-state index contributed by atoms with van der Waals surface area (Å²) in [6.07, 6.45) is 3.36. The second-order valence-electron chi connectivity index (χ2n) is 4.08. The van der Waals surface area contributed by atoms with E-state index < -0.39 is 11.9 Å². The van der Waals surface area contributed by atoms with Crippen molar-refractivity contribution in [3.8, 4) is 0 Å². The fourth-order valence-electron chi connectivity index (χ4n) is 1.82. The van der Waals surface area contributed by atoms with Gasteiger partial charge >= 0.3 is 5.97 Å². The van der Waals surface area contributed by atoms with Gasteiger partial charge in [0.05, 0.1) is 0 Å². The summed E-state index contributed by atoms with van der Waals surface area (Å²) < 4.78 is 1.73. The van der Waals surface area contributed by atoms with Crippen molar-refractivity contribution < 1.29 is 9.90 Å². The van der Waals surface area contributed by atoms with Gasteiger partial charge in [0, 0.05) is 19.4 Å². The lowest BCUT2D eigenvalue weighted by molar-refractivity contribution is -0.137. The van der Waals surface area contributed by atoms with Crippen molar-refractivity contribution in [3.63, 3.8) is 0 Å². The molecular formula is C13H14N2O2. The molecular weight excluding hydrogens is 216 g/mol. The summed E-state index contributed by atoms with van der Waals surface area (Å²) in [6.45, 7) is 1.97. The minimum atomic E-state index is -0.886. The van der Waals surface area contributed by atoms with Crippen molar-refractivity contribution in [1.29, 1.82) is 0 Å². The molecule has 4 nitrogen and oxygen atoms in total. The zero-order chi connectivity index (χ0) is 12.4. The van der Waals surface area contributed by atoms with E-state index in [9.17, 15) is 9.90 Å². The lowest BCUT2D eigenvalue weighted by atomic mass is 9.97. The zero-order valence-electron chi connectivity index (χ0n) is 9.79. The van der Waals surface area contributed by atoms with Gasteiger partial charge in [0.1, 0.15) is 11.7 Å². The Bertz CT molecular complexity index is 529. The Balaban J connectivity index is 2.47. The van der Waals surface area contributed by atoms with E-state index in [0.717, 1.165) is 11.1 Å². The number of carbonyl (C=O) groups is 1. The highest BCUT2D eigenvalue weighted by Crippen LogP contribution is 2.23. The Kier molecular flexibility index (Phi) is 2.95. The number of hydrogen-bond donors (Lipinski definition) is 1. The number of carboxylic acids is 1. The third-order valence-corrected chi connectivity index (χ3v) is 2.77. The first-order chi connectivity index (χ1) is 8.09. The summed E-state index contributed by atoms with van der Waals surface area (Å²) in [5.74, 6) is -1.06. The van der Waals surface area contributed by atoms with Gasteiger partial charge in [0.25, 0.3) is 0 Å². The van der Waals surface area contributed by atoms with Gasteiger partial charge in [-0.25, -0.2) is 4.98 Å². The van der Waals surface area contributed by atoms with Crippen molar-refractivity contribution in [2.45, 2.75) is 12.8 Å². The lowest BCUT2D eigenvalue weighted by Crippen LogP contribution is -2.17. The Morgan fingerprint density at radius 3 is 2.47 bits per heavy atom. The fourth-order valence-corrected chi connectivity index (χ4v) is 1.82. The second-order valence-corrected chi connectivity index (χ2v) is 4.08. The van der Waals surface area contributed by atoms with Crippen LogP contribution in [0.5, 0.6) is 0 Å². The number of hydrogen-bond acceptors (Lipinski definition) is 2. The van der Waals surface area contributed by atoms with E-state index in [-0.39, 0.29) is 0 Å². The maximum atomic E-state index is 11.4. The number of aromatic nitrogens is 2. The van der Waals surface area contributed by atoms with E-state index in [1.807, 2.05) is 31.2 Å². The van der Waals surface area contributed by atoms with Gasteiger partial charge in [0.2, 0.25) is 0 Å². The highest BCUT2D eigenvalue weighted by Gasteiger charge is 2.25. The monoisotopic (exact) mass is 230 g/mol. The molecule has 0 spiro atoms. The molecule has 0 radical (unpaired) electrons. The number of carboxylic acid groups (broad SMARTS) is 1. The van der Waals surface area contributed by atoms with E-state index in [1.54, 1.807) is 24.0 Å². The summed E-state index contributed by atoms with van der Waals surface area (Å²) in [6, 6.07) is 7.49. The van der Waals surface area contributed by atoms with Gasteiger partial charge < -0.3 is 9.67 Å². The highest BCUT2D eigenvalue weighted by atomic mass is 16.4. The fraction of sp³-hybridized carbons (Fsp3) is 0.231. The standard InChI is InChI=1S/C13H14N2O2/c1-9-3-5-10(6-4-9)11(13(16)17)12-14-7-8-15(12)2/h3-8,11H,1-2H3,(H,16,17). The molecule has 2 rings (SSSR count). The van der Waals surface area contributed by atoms with Crippen LogP contribution in [-0.4, -0.2) is 20.6 Å². The molecule has 1 N–H and O–H groups in total. The molecule has 0 saturated carbocycles. The van der Waals surface area contributed by atoms with Crippen molar-refractivity contribution in [2.75, 3.05) is 0 Å². The molecule has 17 heavy (non-hydrogen) atoms. The molecule has 0 aliphatic heterocycles. The van der Waals surface area contributed by atoms with Gasteiger partial charge in [0.15, 0.2) is 0 Å². The molecule has 1 aromatic carbocycles. The van der Waals surface area contributed by atoms with Crippen molar-refractivity contribution in [2.24, 2.45) is 7.05 Å².